The smallest absolute Gasteiger partial charge is 0.303 e. The van der Waals surface area contributed by atoms with E-state index in [1.165, 1.54) is 0 Å². The summed E-state index contributed by atoms with van der Waals surface area (Å²) in [6.07, 6.45) is 4.92. The average Bonchev–Trinajstić information content (AvgIpc) is 3.34. The number of carbonyl (C=O) groups is 2. The van der Waals surface area contributed by atoms with E-state index in [4.69, 9.17) is 16.7 Å². The van der Waals surface area contributed by atoms with Gasteiger partial charge in [0.15, 0.2) is 0 Å². The van der Waals surface area contributed by atoms with Gasteiger partial charge in [0.2, 0.25) is 5.91 Å². The molecule has 34 heavy (non-hydrogen) atoms. The van der Waals surface area contributed by atoms with Crippen LogP contribution in [-0.2, 0) is 16.0 Å². The van der Waals surface area contributed by atoms with E-state index < -0.39 is 5.97 Å². The Kier molecular flexibility index (Phi) is 7.69. The molecule has 1 fully saturated rings. The van der Waals surface area contributed by atoms with E-state index in [1.807, 2.05) is 49.4 Å². The number of carbonyl (C=O) groups excluding carboxylic acids is 1. The van der Waals surface area contributed by atoms with Crippen molar-refractivity contribution >= 4 is 29.2 Å². The van der Waals surface area contributed by atoms with Gasteiger partial charge >= 0.3 is 5.97 Å². The molecule has 1 saturated carbocycles. The number of halogens is 1. The first-order valence-corrected chi connectivity index (χ1v) is 12.3. The lowest BCUT2D eigenvalue weighted by Crippen LogP contribution is -2.27. The predicted molar refractivity (Wildman–Crippen MR) is 137 cm³/mol. The molecule has 0 bridgehead atoms. The lowest BCUT2D eigenvalue weighted by Gasteiger charge is -2.24. The first kappa shape index (κ1) is 24.0. The van der Waals surface area contributed by atoms with E-state index in [2.05, 4.69) is 29.6 Å². The maximum Gasteiger partial charge on any atom is 0.303 e. The van der Waals surface area contributed by atoms with Gasteiger partial charge in [0, 0.05) is 17.1 Å². The number of nitrogens with one attached hydrogen (secondary N) is 1. The van der Waals surface area contributed by atoms with E-state index in [0.29, 0.717) is 17.4 Å². The predicted octanol–water partition coefficient (Wildman–Crippen LogP) is 7.25. The zero-order valence-corrected chi connectivity index (χ0v) is 20.1. The van der Waals surface area contributed by atoms with Crippen LogP contribution < -0.4 is 5.32 Å². The van der Waals surface area contributed by atoms with Crippen LogP contribution in [0.4, 0.5) is 5.69 Å². The van der Waals surface area contributed by atoms with Crippen LogP contribution in [0.25, 0.3) is 11.1 Å². The summed E-state index contributed by atoms with van der Waals surface area (Å²) < 4.78 is 0. The minimum absolute atomic E-state index is 0.000824. The number of carboxylic acids is 1. The van der Waals surface area contributed by atoms with Crippen LogP contribution in [0.5, 0.6) is 0 Å². The molecule has 0 aromatic heterocycles. The molecule has 4 rings (SSSR count). The van der Waals surface area contributed by atoms with Crippen LogP contribution in [0.1, 0.15) is 54.7 Å². The van der Waals surface area contributed by atoms with Crippen molar-refractivity contribution in [1.82, 2.24) is 0 Å². The Labute approximate surface area is 206 Å². The molecule has 0 heterocycles. The summed E-state index contributed by atoms with van der Waals surface area (Å²) in [7, 11) is 0. The summed E-state index contributed by atoms with van der Waals surface area (Å²) in [6, 6.07) is 21.7. The topological polar surface area (TPSA) is 66.4 Å². The number of hydrogen-bond acceptors (Lipinski definition) is 2. The number of carboxylic acid groups (broad SMARTS) is 1. The normalized spacial score (nSPS) is 14.6. The zero-order chi connectivity index (χ0) is 24.1. The van der Waals surface area contributed by atoms with Gasteiger partial charge in [-0.05, 0) is 78.1 Å². The molecule has 1 aliphatic rings. The minimum atomic E-state index is -0.823. The number of hydrogen-bond donors (Lipinski definition) is 2. The lowest BCUT2D eigenvalue weighted by molar-refractivity contribution is -0.137. The van der Waals surface area contributed by atoms with Gasteiger partial charge in [-0.15, -0.1) is 0 Å². The summed E-state index contributed by atoms with van der Waals surface area (Å²) in [6.45, 7) is 1.94. The fourth-order valence-electron chi connectivity index (χ4n) is 5.02. The monoisotopic (exact) mass is 475 g/mol. The van der Waals surface area contributed by atoms with Gasteiger partial charge in [0.05, 0.1) is 5.92 Å². The third kappa shape index (κ3) is 5.68. The number of rotatable bonds is 8. The number of aryl methyl sites for hydroxylation is 1. The first-order chi connectivity index (χ1) is 16.4. The molecule has 176 valence electrons. The fraction of sp³-hybridized carbons (Fsp3) is 0.310. The van der Waals surface area contributed by atoms with E-state index in [9.17, 15) is 9.59 Å². The van der Waals surface area contributed by atoms with Gasteiger partial charge in [0.25, 0.3) is 0 Å². The second-order valence-electron chi connectivity index (χ2n) is 9.13. The van der Waals surface area contributed by atoms with E-state index in [0.717, 1.165) is 59.2 Å². The second kappa shape index (κ2) is 10.9. The lowest BCUT2D eigenvalue weighted by atomic mass is 9.83. The van der Waals surface area contributed by atoms with Crippen molar-refractivity contribution in [3.63, 3.8) is 0 Å². The van der Waals surface area contributed by atoms with Gasteiger partial charge < -0.3 is 10.4 Å². The van der Waals surface area contributed by atoms with Crippen molar-refractivity contribution < 1.29 is 14.7 Å². The summed E-state index contributed by atoms with van der Waals surface area (Å²) >= 11 is 6.16. The molecule has 5 heteroatoms. The SMILES string of the molecule is Cc1c(CCC(=O)O)cccc1NC(=O)C(c1ccc(-c2cccc(Cl)c2)cc1)C1CCCC1. The van der Waals surface area contributed by atoms with Crippen molar-refractivity contribution in [2.24, 2.45) is 5.92 Å². The van der Waals surface area contributed by atoms with Crippen LogP contribution in [0.15, 0.2) is 66.7 Å². The van der Waals surface area contributed by atoms with Crippen molar-refractivity contribution in [1.29, 1.82) is 0 Å². The van der Waals surface area contributed by atoms with Gasteiger partial charge in [-0.2, -0.15) is 0 Å². The largest absolute Gasteiger partial charge is 0.481 e. The Morgan fingerprint density at radius 3 is 2.38 bits per heavy atom. The van der Waals surface area contributed by atoms with Crippen molar-refractivity contribution in [2.45, 2.75) is 51.4 Å². The van der Waals surface area contributed by atoms with Gasteiger partial charge in [-0.3, -0.25) is 9.59 Å². The van der Waals surface area contributed by atoms with Gasteiger partial charge in [-0.1, -0.05) is 73.0 Å². The molecule has 1 unspecified atom stereocenters. The fourth-order valence-corrected chi connectivity index (χ4v) is 5.21. The summed E-state index contributed by atoms with van der Waals surface area (Å²) in [5.41, 5.74) is 5.77. The molecule has 3 aromatic rings. The van der Waals surface area contributed by atoms with Crippen LogP contribution in [0, 0.1) is 12.8 Å². The molecule has 1 amide bonds. The second-order valence-corrected chi connectivity index (χ2v) is 9.56. The van der Waals surface area contributed by atoms with Crippen molar-refractivity contribution in [3.05, 3.63) is 88.4 Å². The quantitative estimate of drug-likeness (QED) is 0.360. The highest BCUT2D eigenvalue weighted by atomic mass is 35.5. The maximum absolute atomic E-state index is 13.6. The molecular weight excluding hydrogens is 446 g/mol. The first-order valence-electron chi connectivity index (χ1n) is 11.9. The van der Waals surface area contributed by atoms with Gasteiger partial charge in [0.1, 0.15) is 0 Å². The molecule has 0 saturated heterocycles. The molecule has 3 aromatic carbocycles. The number of amides is 1. The van der Waals surface area contributed by atoms with Crippen LogP contribution in [0.2, 0.25) is 5.02 Å². The van der Waals surface area contributed by atoms with E-state index in [-0.39, 0.29) is 18.2 Å². The molecule has 4 nitrogen and oxygen atoms in total. The Morgan fingerprint density at radius 2 is 1.71 bits per heavy atom. The Morgan fingerprint density at radius 1 is 1.00 bits per heavy atom. The van der Waals surface area contributed by atoms with Crippen LogP contribution in [-0.4, -0.2) is 17.0 Å². The van der Waals surface area contributed by atoms with Gasteiger partial charge in [-0.25, -0.2) is 0 Å². The standard InChI is InChI=1S/C29H30ClNO3/c1-19-20(16-17-27(32)33)8-5-11-26(19)31-29(34)28(22-6-2-3-7-22)23-14-12-21(13-15-23)24-9-4-10-25(30)18-24/h4-5,8-15,18,22,28H,2-3,6-7,16-17H2,1H3,(H,31,34)(H,32,33). The highest BCUT2D eigenvalue weighted by Gasteiger charge is 2.32. The zero-order valence-electron chi connectivity index (χ0n) is 19.4. The highest BCUT2D eigenvalue weighted by Crippen LogP contribution is 2.39. The molecule has 0 radical (unpaired) electrons. The number of benzene rings is 3. The molecule has 0 spiro atoms. The molecule has 2 N–H and O–H groups in total. The third-order valence-corrected chi connectivity index (χ3v) is 7.13. The Hall–Kier alpha value is -3.11. The van der Waals surface area contributed by atoms with Crippen LogP contribution >= 0.6 is 11.6 Å². The highest BCUT2D eigenvalue weighted by molar-refractivity contribution is 6.30. The molecular formula is C29H30ClNO3. The molecule has 1 atom stereocenters. The average molecular weight is 476 g/mol. The van der Waals surface area contributed by atoms with Crippen molar-refractivity contribution in [2.75, 3.05) is 5.32 Å². The Bertz CT molecular complexity index is 1170. The number of aliphatic carboxylic acids is 1. The minimum Gasteiger partial charge on any atom is -0.481 e. The summed E-state index contributed by atoms with van der Waals surface area (Å²) in [5.74, 6) is -0.734. The summed E-state index contributed by atoms with van der Waals surface area (Å²) in [4.78, 5) is 24.6. The molecule has 1 aliphatic carbocycles. The summed E-state index contributed by atoms with van der Waals surface area (Å²) in [5, 5.41) is 12.9. The van der Waals surface area contributed by atoms with E-state index >= 15 is 0 Å². The maximum atomic E-state index is 13.6. The number of anilines is 1. The third-order valence-electron chi connectivity index (χ3n) is 6.89. The molecule has 0 aliphatic heterocycles. The van der Waals surface area contributed by atoms with Crippen LogP contribution in [0.3, 0.4) is 0 Å². The van der Waals surface area contributed by atoms with E-state index in [1.54, 1.807) is 0 Å². The Balaban J connectivity index is 1.58. The van der Waals surface area contributed by atoms with Crippen molar-refractivity contribution in [3.8, 4) is 11.1 Å².